The van der Waals surface area contributed by atoms with Crippen LogP contribution in [0.1, 0.15) is 28.6 Å². The van der Waals surface area contributed by atoms with Gasteiger partial charge in [-0.15, -0.1) is 17.9 Å². The first-order valence-electron chi connectivity index (χ1n) is 4.78. The van der Waals surface area contributed by atoms with Crippen molar-refractivity contribution >= 4 is 17.3 Å². The van der Waals surface area contributed by atoms with E-state index in [0.717, 1.165) is 11.3 Å². The molecule has 0 saturated carbocycles. The van der Waals surface area contributed by atoms with E-state index in [4.69, 9.17) is 5.11 Å². The zero-order valence-corrected chi connectivity index (χ0v) is 9.51. The molecule has 1 unspecified atom stereocenters. The summed E-state index contributed by atoms with van der Waals surface area (Å²) in [5, 5.41) is 13.7. The second-order valence-corrected chi connectivity index (χ2v) is 4.41. The van der Waals surface area contributed by atoms with Crippen LogP contribution in [0.3, 0.4) is 0 Å². The van der Waals surface area contributed by atoms with Crippen LogP contribution < -0.4 is 5.32 Å². The first-order valence-corrected chi connectivity index (χ1v) is 5.66. The fraction of sp³-hybridized carbons (Fsp3) is 0.364. The monoisotopic (exact) mass is 225 g/mol. The SMILES string of the molecule is C=CCC(C)NCc1cc(C(=O)O)cs1. The van der Waals surface area contributed by atoms with E-state index in [9.17, 15) is 4.79 Å². The predicted molar refractivity (Wildman–Crippen MR) is 62.4 cm³/mol. The van der Waals surface area contributed by atoms with Crippen LogP contribution in [-0.4, -0.2) is 17.1 Å². The van der Waals surface area contributed by atoms with Crippen LogP contribution in [0.2, 0.25) is 0 Å². The van der Waals surface area contributed by atoms with Crippen LogP contribution in [0, 0.1) is 0 Å². The molecule has 1 aromatic heterocycles. The molecule has 0 radical (unpaired) electrons. The number of aromatic carboxylic acids is 1. The molecule has 0 aromatic carbocycles. The molecule has 82 valence electrons. The Morgan fingerprint density at radius 1 is 1.80 bits per heavy atom. The van der Waals surface area contributed by atoms with Crippen molar-refractivity contribution in [3.63, 3.8) is 0 Å². The Balaban J connectivity index is 2.44. The molecule has 1 rings (SSSR count). The summed E-state index contributed by atoms with van der Waals surface area (Å²) in [5.74, 6) is -0.864. The van der Waals surface area contributed by atoms with Gasteiger partial charge in [0.05, 0.1) is 5.56 Å². The number of hydrogen-bond acceptors (Lipinski definition) is 3. The van der Waals surface area contributed by atoms with Crippen LogP contribution >= 0.6 is 11.3 Å². The smallest absolute Gasteiger partial charge is 0.336 e. The highest BCUT2D eigenvalue weighted by molar-refractivity contribution is 7.10. The molecule has 0 aliphatic carbocycles. The third-order valence-corrected chi connectivity index (χ3v) is 2.98. The van der Waals surface area contributed by atoms with Gasteiger partial charge in [-0.1, -0.05) is 6.08 Å². The quantitative estimate of drug-likeness (QED) is 0.731. The third-order valence-electron chi connectivity index (χ3n) is 2.05. The average molecular weight is 225 g/mol. The lowest BCUT2D eigenvalue weighted by molar-refractivity contribution is 0.0697. The highest BCUT2D eigenvalue weighted by Crippen LogP contribution is 2.14. The Kier molecular flexibility index (Phi) is 4.52. The first kappa shape index (κ1) is 11.9. The molecule has 15 heavy (non-hydrogen) atoms. The highest BCUT2D eigenvalue weighted by Gasteiger charge is 2.06. The Morgan fingerprint density at radius 2 is 2.53 bits per heavy atom. The maximum absolute atomic E-state index is 10.6. The van der Waals surface area contributed by atoms with Gasteiger partial charge in [0.25, 0.3) is 0 Å². The van der Waals surface area contributed by atoms with E-state index in [-0.39, 0.29) is 0 Å². The van der Waals surface area contributed by atoms with Gasteiger partial charge in [0, 0.05) is 22.8 Å². The molecule has 0 fully saturated rings. The van der Waals surface area contributed by atoms with Gasteiger partial charge in [-0.25, -0.2) is 4.79 Å². The lowest BCUT2D eigenvalue weighted by atomic mass is 10.2. The molecule has 0 aliphatic rings. The largest absolute Gasteiger partial charge is 0.478 e. The van der Waals surface area contributed by atoms with Crippen LogP contribution in [0.4, 0.5) is 0 Å². The summed E-state index contributed by atoms with van der Waals surface area (Å²) in [7, 11) is 0. The predicted octanol–water partition coefficient (Wildman–Crippen LogP) is 2.50. The van der Waals surface area contributed by atoms with Crippen LogP contribution in [0.5, 0.6) is 0 Å². The van der Waals surface area contributed by atoms with Crippen LogP contribution in [-0.2, 0) is 6.54 Å². The molecule has 0 bridgehead atoms. The molecule has 0 aliphatic heterocycles. The molecule has 1 aromatic rings. The van der Waals surface area contributed by atoms with Gasteiger partial charge in [0.1, 0.15) is 0 Å². The topological polar surface area (TPSA) is 49.3 Å². The lowest BCUT2D eigenvalue weighted by Gasteiger charge is -2.09. The number of carbonyl (C=O) groups is 1. The van der Waals surface area contributed by atoms with E-state index >= 15 is 0 Å². The maximum Gasteiger partial charge on any atom is 0.336 e. The number of carboxylic acid groups (broad SMARTS) is 1. The normalized spacial score (nSPS) is 12.3. The Morgan fingerprint density at radius 3 is 3.07 bits per heavy atom. The van der Waals surface area contributed by atoms with Gasteiger partial charge >= 0.3 is 5.97 Å². The summed E-state index contributed by atoms with van der Waals surface area (Å²) < 4.78 is 0. The summed E-state index contributed by atoms with van der Waals surface area (Å²) in [5.41, 5.74) is 0.369. The van der Waals surface area contributed by atoms with Crippen molar-refractivity contribution in [1.29, 1.82) is 0 Å². The minimum Gasteiger partial charge on any atom is -0.478 e. The average Bonchev–Trinajstić information content (AvgIpc) is 2.63. The number of thiophene rings is 1. The van der Waals surface area contributed by atoms with Crippen molar-refractivity contribution in [2.75, 3.05) is 0 Å². The van der Waals surface area contributed by atoms with Crippen LogP contribution in [0.15, 0.2) is 24.1 Å². The molecule has 0 spiro atoms. The fourth-order valence-electron chi connectivity index (χ4n) is 1.19. The van der Waals surface area contributed by atoms with Crippen molar-refractivity contribution in [2.24, 2.45) is 0 Å². The third kappa shape index (κ3) is 3.85. The summed E-state index contributed by atoms with van der Waals surface area (Å²) in [6, 6.07) is 2.08. The van der Waals surface area contributed by atoms with Gasteiger partial charge in [0.2, 0.25) is 0 Å². The zero-order valence-electron chi connectivity index (χ0n) is 8.69. The van der Waals surface area contributed by atoms with E-state index < -0.39 is 5.97 Å². The molecule has 1 heterocycles. The Hall–Kier alpha value is -1.13. The van der Waals surface area contributed by atoms with Crippen molar-refractivity contribution < 1.29 is 9.90 Å². The van der Waals surface area contributed by atoms with Gasteiger partial charge in [0.15, 0.2) is 0 Å². The maximum atomic E-state index is 10.6. The van der Waals surface area contributed by atoms with Crippen molar-refractivity contribution in [3.05, 3.63) is 34.5 Å². The van der Waals surface area contributed by atoms with Crippen molar-refractivity contribution in [2.45, 2.75) is 25.9 Å². The van der Waals surface area contributed by atoms with E-state index in [1.807, 2.05) is 6.08 Å². The summed E-state index contributed by atoms with van der Waals surface area (Å²) in [6.45, 7) is 6.46. The molecule has 1 atom stereocenters. The van der Waals surface area contributed by atoms with E-state index in [2.05, 4.69) is 18.8 Å². The van der Waals surface area contributed by atoms with Gasteiger partial charge in [-0.2, -0.15) is 0 Å². The summed E-state index contributed by atoms with van der Waals surface area (Å²) in [6.07, 6.45) is 2.78. The van der Waals surface area contributed by atoms with E-state index in [1.54, 1.807) is 11.4 Å². The van der Waals surface area contributed by atoms with Crippen molar-refractivity contribution in [3.8, 4) is 0 Å². The van der Waals surface area contributed by atoms with E-state index in [1.165, 1.54) is 11.3 Å². The second-order valence-electron chi connectivity index (χ2n) is 3.41. The number of hydrogen-bond donors (Lipinski definition) is 2. The van der Waals surface area contributed by atoms with Gasteiger partial charge < -0.3 is 10.4 Å². The number of nitrogens with one attached hydrogen (secondary N) is 1. The standard InChI is InChI=1S/C11H15NO2S/c1-3-4-8(2)12-6-10-5-9(7-15-10)11(13)14/h3,5,7-8,12H,1,4,6H2,2H3,(H,13,14). The number of rotatable bonds is 6. The minimum atomic E-state index is -0.864. The Labute approximate surface area is 93.4 Å². The molecular formula is C11H15NO2S. The van der Waals surface area contributed by atoms with Crippen LogP contribution in [0.25, 0.3) is 0 Å². The molecule has 0 saturated heterocycles. The molecule has 2 N–H and O–H groups in total. The fourth-order valence-corrected chi connectivity index (χ4v) is 2.00. The minimum absolute atomic E-state index is 0.369. The Bertz CT molecular complexity index is 346. The summed E-state index contributed by atoms with van der Waals surface area (Å²) in [4.78, 5) is 11.7. The van der Waals surface area contributed by atoms with Gasteiger partial charge in [-0.05, 0) is 19.4 Å². The van der Waals surface area contributed by atoms with E-state index in [0.29, 0.717) is 18.2 Å². The number of carboxylic acids is 1. The van der Waals surface area contributed by atoms with Gasteiger partial charge in [-0.3, -0.25) is 0 Å². The lowest BCUT2D eigenvalue weighted by Crippen LogP contribution is -2.24. The summed E-state index contributed by atoms with van der Waals surface area (Å²) >= 11 is 1.47. The molecule has 3 nitrogen and oxygen atoms in total. The zero-order chi connectivity index (χ0) is 11.3. The van der Waals surface area contributed by atoms with Crippen molar-refractivity contribution in [1.82, 2.24) is 5.32 Å². The molecule has 4 heteroatoms. The molecule has 0 amide bonds. The second kappa shape index (κ2) is 5.68. The molecular weight excluding hydrogens is 210 g/mol. The first-order chi connectivity index (χ1) is 7.13. The highest BCUT2D eigenvalue weighted by atomic mass is 32.1.